The quantitative estimate of drug-likeness (QED) is 0.795. The molecule has 7 heteroatoms. The first kappa shape index (κ1) is 19.0. The lowest BCUT2D eigenvalue weighted by Gasteiger charge is -2.36. The number of benzene rings is 1. The third kappa shape index (κ3) is 4.30. The number of ether oxygens (including phenoxy) is 1. The molecule has 0 saturated carbocycles. The molecule has 2 saturated heterocycles. The zero-order valence-electron chi connectivity index (χ0n) is 15.3. The predicted molar refractivity (Wildman–Crippen MR) is 101 cm³/mol. The van der Waals surface area contributed by atoms with Crippen LogP contribution >= 0.6 is 11.6 Å². The summed E-state index contributed by atoms with van der Waals surface area (Å²) in [6.45, 7) is 2.19. The van der Waals surface area contributed by atoms with Crippen LogP contribution in [-0.4, -0.2) is 68.1 Å². The van der Waals surface area contributed by atoms with Crippen molar-refractivity contribution in [3.63, 3.8) is 0 Å². The average molecular weight is 380 g/mol. The van der Waals surface area contributed by atoms with E-state index in [1.807, 2.05) is 36.0 Å². The topological polar surface area (TPSA) is 61.9 Å². The summed E-state index contributed by atoms with van der Waals surface area (Å²) in [5.41, 5.74) is 0.461. The van der Waals surface area contributed by atoms with Crippen LogP contribution in [0.25, 0.3) is 0 Å². The number of halogens is 1. The number of likely N-dealkylation sites (N-methyl/N-ethyl adjacent to an activating group) is 1. The fourth-order valence-corrected chi connectivity index (χ4v) is 3.92. The molecule has 2 heterocycles. The molecule has 26 heavy (non-hydrogen) atoms. The van der Waals surface area contributed by atoms with Gasteiger partial charge < -0.3 is 19.9 Å². The maximum Gasteiger partial charge on any atom is 0.312 e. The van der Waals surface area contributed by atoms with Gasteiger partial charge in [0.1, 0.15) is 6.10 Å². The number of piperidine rings is 1. The minimum absolute atomic E-state index is 0.0358. The summed E-state index contributed by atoms with van der Waals surface area (Å²) >= 11 is 5.86. The molecule has 1 aromatic rings. The van der Waals surface area contributed by atoms with Crippen molar-refractivity contribution >= 4 is 29.2 Å². The van der Waals surface area contributed by atoms with Crippen LogP contribution in [0.15, 0.2) is 24.3 Å². The molecule has 2 aliphatic rings. The Hall–Kier alpha value is -1.79. The van der Waals surface area contributed by atoms with Crippen molar-refractivity contribution in [1.29, 1.82) is 0 Å². The van der Waals surface area contributed by atoms with Crippen LogP contribution in [0.4, 0.5) is 5.69 Å². The van der Waals surface area contributed by atoms with E-state index in [4.69, 9.17) is 16.3 Å². The smallest absolute Gasteiger partial charge is 0.312 e. The van der Waals surface area contributed by atoms with Gasteiger partial charge in [-0.25, -0.2) is 0 Å². The molecule has 1 spiro atoms. The minimum atomic E-state index is -0.402. The number of hydrogen-bond acceptors (Lipinski definition) is 5. The van der Waals surface area contributed by atoms with Gasteiger partial charge in [0.05, 0.1) is 12.0 Å². The lowest BCUT2D eigenvalue weighted by molar-refractivity contribution is -0.152. The van der Waals surface area contributed by atoms with Crippen LogP contribution < -0.4 is 5.32 Å². The molecule has 2 fully saturated rings. The number of likely N-dealkylation sites (tertiary alicyclic amines) is 1. The maximum atomic E-state index is 12.4. The second-order valence-corrected chi connectivity index (χ2v) is 7.95. The number of nitrogens with zero attached hydrogens (tertiary/aromatic N) is 2. The van der Waals surface area contributed by atoms with Crippen LogP contribution in [0.5, 0.6) is 0 Å². The van der Waals surface area contributed by atoms with Gasteiger partial charge in [-0.2, -0.15) is 0 Å². The van der Waals surface area contributed by atoms with Gasteiger partial charge >= 0.3 is 5.97 Å². The SMILES string of the molecule is CN(C)CC1CC2(CCN(C(=O)CNc3ccc(Cl)cc3)CC2)C(=O)O1. The third-order valence-corrected chi connectivity index (χ3v) is 5.51. The Morgan fingerprint density at radius 3 is 2.58 bits per heavy atom. The van der Waals surface area contributed by atoms with Gasteiger partial charge in [0.15, 0.2) is 0 Å². The molecule has 0 aromatic heterocycles. The molecule has 1 amide bonds. The first-order chi connectivity index (χ1) is 12.4. The van der Waals surface area contributed by atoms with E-state index in [0.717, 1.165) is 18.7 Å². The van der Waals surface area contributed by atoms with Gasteiger partial charge in [0.2, 0.25) is 5.91 Å². The summed E-state index contributed by atoms with van der Waals surface area (Å²) < 4.78 is 5.57. The molecule has 2 aliphatic heterocycles. The number of cyclic esters (lactones) is 1. The Labute approximate surface area is 159 Å². The molecule has 142 valence electrons. The highest BCUT2D eigenvalue weighted by atomic mass is 35.5. The van der Waals surface area contributed by atoms with Gasteiger partial charge in [-0.15, -0.1) is 0 Å². The van der Waals surface area contributed by atoms with Crippen molar-refractivity contribution < 1.29 is 14.3 Å². The fourth-order valence-electron chi connectivity index (χ4n) is 3.80. The Morgan fingerprint density at radius 1 is 1.31 bits per heavy atom. The predicted octanol–water partition coefficient (Wildman–Crippen LogP) is 2.24. The molecule has 1 N–H and O–H groups in total. The van der Waals surface area contributed by atoms with E-state index >= 15 is 0 Å². The van der Waals surface area contributed by atoms with Crippen molar-refractivity contribution in [2.45, 2.75) is 25.4 Å². The Balaban J connectivity index is 1.49. The molecule has 0 aliphatic carbocycles. The molecule has 3 rings (SSSR count). The molecule has 1 aromatic carbocycles. The fraction of sp³-hybridized carbons (Fsp3) is 0.579. The molecule has 1 atom stereocenters. The Kier molecular flexibility index (Phi) is 5.73. The van der Waals surface area contributed by atoms with Gasteiger partial charge in [0, 0.05) is 36.8 Å². The largest absolute Gasteiger partial charge is 0.461 e. The Morgan fingerprint density at radius 2 is 1.96 bits per heavy atom. The maximum absolute atomic E-state index is 12.4. The monoisotopic (exact) mass is 379 g/mol. The third-order valence-electron chi connectivity index (χ3n) is 5.26. The first-order valence-corrected chi connectivity index (χ1v) is 9.39. The Bertz CT molecular complexity index is 654. The van der Waals surface area contributed by atoms with Gasteiger partial charge in [-0.05, 0) is 51.2 Å². The van der Waals surface area contributed by atoms with Crippen LogP contribution in [0.3, 0.4) is 0 Å². The molecule has 0 bridgehead atoms. The van der Waals surface area contributed by atoms with Crippen molar-refractivity contribution in [3.8, 4) is 0 Å². The highest BCUT2D eigenvalue weighted by Crippen LogP contribution is 2.43. The molecular weight excluding hydrogens is 354 g/mol. The molecule has 6 nitrogen and oxygen atoms in total. The number of nitrogens with one attached hydrogen (secondary N) is 1. The van der Waals surface area contributed by atoms with Crippen LogP contribution in [-0.2, 0) is 14.3 Å². The van der Waals surface area contributed by atoms with E-state index in [9.17, 15) is 9.59 Å². The number of amides is 1. The number of esters is 1. The van der Waals surface area contributed by atoms with Gasteiger partial charge in [-0.1, -0.05) is 11.6 Å². The summed E-state index contributed by atoms with van der Waals surface area (Å²) in [6, 6.07) is 7.27. The summed E-state index contributed by atoms with van der Waals surface area (Å²) in [4.78, 5) is 28.7. The minimum Gasteiger partial charge on any atom is -0.461 e. The average Bonchev–Trinajstić information content (AvgIpc) is 2.89. The zero-order valence-corrected chi connectivity index (χ0v) is 16.1. The van der Waals surface area contributed by atoms with Gasteiger partial charge in [0.25, 0.3) is 0 Å². The van der Waals surface area contributed by atoms with E-state index < -0.39 is 5.41 Å². The van der Waals surface area contributed by atoms with Crippen molar-refractivity contribution in [2.75, 3.05) is 45.6 Å². The summed E-state index contributed by atoms with van der Waals surface area (Å²) in [5.74, 6) is -0.0401. The van der Waals surface area contributed by atoms with Crippen LogP contribution in [0.2, 0.25) is 5.02 Å². The standard InChI is InChI=1S/C19H26ClN3O3/c1-22(2)13-16-11-19(18(25)26-16)7-9-23(10-8-19)17(24)12-21-15-5-3-14(20)4-6-15/h3-6,16,21H,7-13H2,1-2H3. The number of hydrogen-bond donors (Lipinski definition) is 1. The van der Waals surface area contributed by atoms with Gasteiger partial charge in [-0.3, -0.25) is 9.59 Å². The summed E-state index contributed by atoms with van der Waals surface area (Å²) in [6.07, 6.45) is 2.09. The first-order valence-electron chi connectivity index (χ1n) is 9.01. The number of carbonyl (C=O) groups excluding carboxylic acids is 2. The number of carbonyl (C=O) groups is 2. The van der Waals surface area contributed by atoms with Crippen molar-refractivity contribution in [2.24, 2.45) is 5.41 Å². The van der Waals surface area contributed by atoms with E-state index in [1.165, 1.54) is 0 Å². The molecule has 1 unspecified atom stereocenters. The lowest BCUT2D eigenvalue weighted by Crippen LogP contribution is -2.46. The second-order valence-electron chi connectivity index (χ2n) is 7.52. The zero-order chi connectivity index (χ0) is 18.7. The van der Waals surface area contributed by atoms with Crippen LogP contribution in [0, 0.1) is 5.41 Å². The molecular formula is C19H26ClN3O3. The van der Waals surface area contributed by atoms with Crippen molar-refractivity contribution in [3.05, 3.63) is 29.3 Å². The highest BCUT2D eigenvalue weighted by Gasteiger charge is 2.50. The van der Waals surface area contributed by atoms with Crippen LogP contribution in [0.1, 0.15) is 19.3 Å². The van der Waals surface area contributed by atoms with E-state index in [-0.39, 0.29) is 24.5 Å². The summed E-state index contributed by atoms with van der Waals surface area (Å²) in [5, 5.41) is 3.79. The second kappa shape index (κ2) is 7.84. The van der Waals surface area contributed by atoms with E-state index in [2.05, 4.69) is 5.32 Å². The number of rotatable bonds is 5. The molecule has 0 radical (unpaired) electrons. The normalized spacial score (nSPS) is 21.9. The van der Waals surface area contributed by atoms with Crippen molar-refractivity contribution in [1.82, 2.24) is 9.80 Å². The van der Waals surface area contributed by atoms with E-state index in [0.29, 0.717) is 31.0 Å². The lowest BCUT2D eigenvalue weighted by atomic mass is 9.76. The number of anilines is 1. The van der Waals surface area contributed by atoms with E-state index in [1.54, 1.807) is 12.1 Å². The highest BCUT2D eigenvalue weighted by molar-refractivity contribution is 6.30. The summed E-state index contributed by atoms with van der Waals surface area (Å²) in [7, 11) is 3.96.